The van der Waals surface area contributed by atoms with Crippen LogP contribution in [0.2, 0.25) is 20.1 Å². The Morgan fingerprint density at radius 2 is 1.15 bits per heavy atom. The van der Waals surface area contributed by atoms with E-state index in [1.165, 1.54) is 6.07 Å². The molecule has 2 unspecified atom stereocenters. The summed E-state index contributed by atoms with van der Waals surface area (Å²) >= 11 is 22.8. The summed E-state index contributed by atoms with van der Waals surface area (Å²) in [7, 11) is -4.08. The maximum Gasteiger partial charge on any atom is 0.290 e. The van der Waals surface area contributed by atoms with Crippen LogP contribution in [0, 0.1) is 31.9 Å². The summed E-state index contributed by atoms with van der Waals surface area (Å²) < 4.78 is 128. The Morgan fingerprint density at radius 1 is 0.721 bits per heavy atom. The summed E-state index contributed by atoms with van der Waals surface area (Å²) in [6.45, 7) is -1.80. The van der Waals surface area contributed by atoms with Crippen LogP contribution >= 0.6 is 57.1 Å². The molecule has 0 aliphatic carbocycles. The minimum Gasteiger partial charge on any atom is -0.387 e. The molecule has 0 aromatic heterocycles. The highest BCUT2D eigenvalue weighted by atomic mass is 35.7. The van der Waals surface area contributed by atoms with E-state index in [4.69, 9.17) is 62.2 Å². The van der Waals surface area contributed by atoms with E-state index in [-0.39, 0.29) is 35.3 Å². The SMILES string of the molecule is C.O=C(Nc1ccc(F)c(Cl)c1)c1cc([N+](=O)[O-])c(Cl)c(S(=O)(=O)Cl)c1.O=C(Nc1ccc(F)c(Cl)c1)c1cc([N+](=O)[O-])c(Cl)c(S(=O)(=O)N2CCC(O)C(F)(F)C2)c1.OC1CCNCC1(F)F. The standard InChI is InChI=1S/C18H14Cl2F3N3O6S.C13H6Cl3FN2O5S.C5H9F2NO.CH4/c19-11-7-10(1-2-12(11)21)24-17(28)9-5-13(26(29)30)16(20)14(6-9)33(31,32)25-4-3-15(27)18(22,23)8-25;14-8-5-7(1-2-9(8)17)18-13(20)6-3-10(19(21)22)12(15)11(4-6)25(16,23)24;6-5(7)3-8-2-1-4(5)9;/h1-2,5-7,15,27H,3-4,8H2,(H,24,28);1-5H,(H,18,20);4,8-9H,1-3H2;1H4. The lowest BCUT2D eigenvalue weighted by Crippen LogP contribution is -2.53. The van der Waals surface area contributed by atoms with Gasteiger partial charge in [-0.1, -0.05) is 53.8 Å². The van der Waals surface area contributed by atoms with E-state index in [2.05, 4.69) is 16.0 Å². The minimum absolute atomic E-state index is 0. The number of anilines is 2. The van der Waals surface area contributed by atoms with Crippen molar-refractivity contribution in [3.63, 3.8) is 0 Å². The number of amides is 2. The zero-order chi connectivity index (χ0) is 50.6. The molecule has 2 amide bonds. The molecule has 0 saturated carbocycles. The fraction of sp³-hybridized carbons (Fsp3) is 0.297. The number of nitrogens with one attached hydrogen (secondary N) is 3. The molecule has 372 valence electrons. The van der Waals surface area contributed by atoms with Gasteiger partial charge in [-0.3, -0.25) is 29.8 Å². The third-order valence-corrected chi connectivity index (χ3v) is 14.0. The highest BCUT2D eigenvalue weighted by Gasteiger charge is 2.48. The van der Waals surface area contributed by atoms with Crippen molar-refractivity contribution in [3.8, 4) is 0 Å². The van der Waals surface area contributed by atoms with E-state index in [1.54, 1.807) is 0 Å². The molecule has 2 fully saturated rings. The first-order chi connectivity index (χ1) is 30.9. The van der Waals surface area contributed by atoms with Crippen LogP contribution < -0.4 is 16.0 Å². The molecule has 31 heteroatoms. The number of aliphatic hydroxyl groups excluding tert-OH is 2. The number of carbonyl (C=O) groups is 2. The molecule has 4 aromatic rings. The number of nitro groups is 2. The minimum atomic E-state index is -4.83. The van der Waals surface area contributed by atoms with Gasteiger partial charge in [0.15, 0.2) is 0 Å². The third kappa shape index (κ3) is 14.2. The van der Waals surface area contributed by atoms with Gasteiger partial charge in [-0.2, -0.15) is 4.31 Å². The van der Waals surface area contributed by atoms with Crippen molar-refractivity contribution in [3.05, 3.63) is 124 Å². The molecule has 0 bridgehead atoms. The zero-order valence-corrected chi connectivity index (χ0v) is 38.4. The predicted octanol–water partition coefficient (Wildman–Crippen LogP) is 8.52. The molecule has 2 aliphatic heterocycles. The smallest absolute Gasteiger partial charge is 0.290 e. The Morgan fingerprint density at radius 3 is 1.51 bits per heavy atom. The van der Waals surface area contributed by atoms with E-state index in [0.29, 0.717) is 23.0 Å². The topological polar surface area (TPSA) is 268 Å². The van der Waals surface area contributed by atoms with Gasteiger partial charge in [0.25, 0.3) is 44.1 Å². The van der Waals surface area contributed by atoms with E-state index in [1.807, 2.05) is 0 Å². The second-order valence-corrected chi connectivity index (χ2v) is 19.9. The lowest BCUT2D eigenvalue weighted by atomic mass is 10.1. The quantitative estimate of drug-likeness (QED) is 0.0456. The van der Waals surface area contributed by atoms with Gasteiger partial charge < -0.3 is 26.2 Å². The van der Waals surface area contributed by atoms with Crippen molar-refractivity contribution in [1.29, 1.82) is 0 Å². The monoisotopic (exact) mass is 1110 g/mol. The number of nitrogens with zero attached hydrogens (tertiary/aromatic N) is 3. The maximum atomic E-state index is 13.9. The van der Waals surface area contributed by atoms with Crippen LogP contribution in [0.1, 0.15) is 41.0 Å². The molecule has 2 saturated heterocycles. The first kappa shape index (κ1) is 57.7. The molecule has 18 nitrogen and oxygen atoms in total. The van der Waals surface area contributed by atoms with E-state index in [9.17, 15) is 78.1 Å². The lowest BCUT2D eigenvalue weighted by molar-refractivity contribution is -0.385. The van der Waals surface area contributed by atoms with Gasteiger partial charge in [0.1, 0.15) is 43.7 Å². The number of aliphatic hydroxyl groups is 2. The summed E-state index contributed by atoms with van der Waals surface area (Å²) in [5.74, 6) is -10.1. The Labute approximate surface area is 405 Å². The van der Waals surface area contributed by atoms with Crippen molar-refractivity contribution < 1.29 is 72.8 Å². The summed E-state index contributed by atoms with van der Waals surface area (Å²) in [6.07, 6.45) is -3.95. The van der Waals surface area contributed by atoms with E-state index in [0.717, 1.165) is 42.5 Å². The molecule has 5 N–H and O–H groups in total. The average molecular weight is 1110 g/mol. The van der Waals surface area contributed by atoms with Crippen LogP contribution in [-0.2, 0) is 19.1 Å². The first-order valence-electron chi connectivity index (χ1n) is 18.1. The number of rotatable bonds is 9. The van der Waals surface area contributed by atoms with Gasteiger partial charge in [-0.25, -0.2) is 43.2 Å². The molecular weight excluding hydrogens is 1080 g/mol. The van der Waals surface area contributed by atoms with Gasteiger partial charge >= 0.3 is 0 Å². The molecule has 2 aliphatic rings. The Bertz CT molecular complexity index is 2840. The Kier molecular flexibility index (Phi) is 19.4. The van der Waals surface area contributed by atoms with Crippen molar-refractivity contribution in [1.82, 2.24) is 9.62 Å². The van der Waals surface area contributed by atoms with E-state index >= 15 is 0 Å². The summed E-state index contributed by atoms with van der Waals surface area (Å²) in [5.41, 5.74) is -2.61. The fourth-order valence-corrected chi connectivity index (χ4v) is 9.64. The van der Waals surface area contributed by atoms with Crippen LogP contribution in [0.4, 0.5) is 49.1 Å². The highest BCUT2D eigenvalue weighted by molar-refractivity contribution is 8.13. The van der Waals surface area contributed by atoms with Crippen LogP contribution in [0.3, 0.4) is 0 Å². The number of halogens is 11. The maximum absolute atomic E-state index is 13.9. The normalized spacial score (nSPS) is 17.7. The van der Waals surface area contributed by atoms with Crippen LogP contribution in [0.5, 0.6) is 0 Å². The predicted molar refractivity (Wildman–Crippen MR) is 237 cm³/mol. The van der Waals surface area contributed by atoms with Crippen molar-refractivity contribution in [2.75, 3.05) is 36.8 Å². The number of piperidine rings is 2. The van der Waals surface area contributed by atoms with Gasteiger partial charge in [-0.15, -0.1) is 0 Å². The van der Waals surface area contributed by atoms with Crippen LogP contribution in [-0.4, -0.2) is 103 Å². The van der Waals surface area contributed by atoms with Gasteiger partial charge in [0, 0.05) is 51.9 Å². The zero-order valence-electron chi connectivity index (χ0n) is 33.0. The molecule has 68 heavy (non-hydrogen) atoms. The summed E-state index contributed by atoms with van der Waals surface area (Å²) in [6, 6.07) is 9.43. The summed E-state index contributed by atoms with van der Waals surface area (Å²) in [5, 5.41) is 45.3. The molecule has 4 aromatic carbocycles. The third-order valence-electron chi connectivity index (χ3n) is 9.16. The van der Waals surface area contributed by atoms with Gasteiger partial charge in [0.05, 0.1) is 33.0 Å². The highest BCUT2D eigenvalue weighted by Crippen LogP contribution is 2.38. The van der Waals surface area contributed by atoms with Crippen LogP contribution in [0.15, 0.2) is 70.5 Å². The molecular formula is C37H33Cl5F6N6O12S2. The lowest BCUT2D eigenvalue weighted by Gasteiger charge is -2.35. The molecule has 6 rings (SSSR count). The average Bonchev–Trinajstić information content (AvgIpc) is 3.22. The van der Waals surface area contributed by atoms with Gasteiger partial charge in [0.2, 0.25) is 10.0 Å². The Balaban J connectivity index is 0.000000308. The summed E-state index contributed by atoms with van der Waals surface area (Å²) in [4.78, 5) is 43.5. The fourth-order valence-electron chi connectivity index (χ4n) is 5.68. The number of hydrogen-bond acceptors (Lipinski definition) is 13. The molecule has 2 atom stereocenters. The molecule has 2 heterocycles. The largest absolute Gasteiger partial charge is 0.387 e. The number of benzene rings is 4. The number of nitro benzene ring substituents is 2. The molecule has 0 spiro atoms. The first-order valence-corrected chi connectivity index (χ1v) is 23.4. The Hall–Kier alpha value is -4.61. The second-order valence-electron chi connectivity index (χ2n) is 13.9. The van der Waals surface area contributed by atoms with Crippen molar-refractivity contribution in [2.45, 2.75) is 54.1 Å². The second kappa shape index (κ2) is 22.9. The van der Waals surface area contributed by atoms with Gasteiger partial charge in [-0.05, 0) is 67.9 Å². The number of carbonyl (C=O) groups excluding carboxylic acids is 2. The number of alkyl halides is 4. The van der Waals surface area contributed by atoms with Crippen molar-refractivity contribution in [2.24, 2.45) is 0 Å². The van der Waals surface area contributed by atoms with E-state index < -0.39 is 145 Å². The van der Waals surface area contributed by atoms with Crippen LogP contribution in [0.25, 0.3) is 0 Å². The van der Waals surface area contributed by atoms with Crippen molar-refractivity contribution >= 4 is 111 Å². The molecule has 0 radical (unpaired) electrons. The number of sulfonamides is 1. The number of hydrogen-bond donors (Lipinski definition) is 5.